The van der Waals surface area contributed by atoms with Gasteiger partial charge in [0.2, 0.25) is 0 Å². The molecule has 16 heavy (non-hydrogen) atoms. The molecule has 0 aromatic carbocycles. The van der Waals surface area contributed by atoms with Gasteiger partial charge in [-0.1, -0.05) is 6.07 Å². The Kier molecular flexibility index (Phi) is 3.56. The lowest BCUT2D eigenvalue weighted by molar-refractivity contribution is 0.0529. The summed E-state index contributed by atoms with van der Waals surface area (Å²) in [5.74, 6) is 0.711. The molecule has 2 atom stereocenters. The fourth-order valence-corrected chi connectivity index (χ4v) is 2.29. The Bertz CT molecular complexity index is 350. The summed E-state index contributed by atoms with van der Waals surface area (Å²) < 4.78 is 5.63. The average Bonchev–Trinajstić information content (AvgIpc) is 3.09. The van der Waals surface area contributed by atoms with Crippen LogP contribution in [0.4, 0.5) is 0 Å². The Morgan fingerprint density at radius 1 is 1.44 bits per heavy atom. The number of methoxy groups -OCH3 is 1. The summed E-state index contributed by atoms with van der Waals surface area (Å²) in [5.41, 5.74) is 2.42. The number of nitrogens with one attached hydrogen (secondary N) is 1. The van der Waals surface area contributed by atoms with E-state index in [0.29, 0.717) is 5.92 Å². The largest absolute Gasteiger partial charge is 0.379 e. The number of aryl methyl sites for hydroxylation is 1. The van der Waals surface area contributed by atoms with Crippen molar-refractivity contribution in [3.8, 4) is 0 Å². The fourth-order valence-electron chi connectivity index (χ4n) is 2.29. The van der Waals surface area contributed by atoms with Crippen LogP contribution < -0.4 is 5.32 Å². The zero-order chi connectivity index (χ0) is 11.5. The number of pyridine rings is 1. The molecule has 0 saturated heterocycles. The first-order valence-electron chi connectivity index (χ1n) is 5.88. The lowest BCUT2D eigenvalue weighted by atomic mass is 9.99. The second-order valence-electron chi connectivity index (χ2n) is 4.60. The Morgan fingerprint density at radius 2 is 2.19 bits per heavy atom. The third kappa shape index (κ3) is 2.42. The Morgan fingerprint density at radius 3 is 2.69 bits per heavy atom. The molecule has 2 unspecified atom stereocenters. The second kappa shape index (κ2) is 4.93. The van der Waals surface area contributed by atoms with Crippen molar-refractivity contribution in [3.63, 3.8) is 0 Å². The maximum absolute atomic E-state index is 5.63. The molecule has 3 heteroatoms. The van der Waals surface area contributed by atoms with Gasteiger partial charge in [0.15, 0.2) is 0 Å². The van der Waals surface area contributed by atoms with E-state index in [1.807, 2.05) is 19.4 Å². The molecule has 1 saturated carbocycles. The third-order valence-corrected chi connectivity index (χ3v) is 3.25. The highest BCUT2D eigenvalue weighted by Gasteiger charge is 2.36. The number of ether oxygens (including phenoxy) is 1. The molecule has 0 radical (unpaired) electrons. The van der Waals surface area contributed by atoms with E-state index in [4.69, 9.17) is 4.74 Å². The number of nitrogens with zero attached hydrogens (tertiary/aromatic N) is 1. The van der Waals surface area contributed by atoms with Crippen molar-refractivity contribution in [2.45, 2.75) is 31.9 Å². The van der Waals surface area contributed by atoms with E-state index in [2.05, 4.69) is 23.3 Å². The van der Waals surface area contributed by atoms with Crippen molar-refractivity contribution in [1.82, 2.24) is 10.3 Å². The normalized spacial score (nSPS) is 19.4. The highest BCUT2D eigenvalue weighted by Crippen LogP contribution is 2.39. The predicted octanol–water partition coefficient (Wildman–Crippen LogP) is 2.08. The van der Waals surface area contributed by atoms with Gasteiger partial charge in [-0.3, -0.25) is 4.98 Å². The smallest absolute Gasteiger partial charge is 0.0794 e. The van der Waals surface area contributed by atoms with Gasteiger partial charge in [0, 0.05) is 19.5 Å². The molecule has 1 N–H and O–H groups in total. The number of likely N-dealkylation sites (N-methyl/N-ethyl adjacent to an activating group) is 1. The lowest BCUT2D eigenvalue weighted by Crippen LogP contribution is -2.32. The first-order chi connectivity index (χ1) is 7.76. The highest BCUT2D eigenvalue weighted by atomic mass is 16.5. The molecule has 1 aliphatic carbocycles. The summed E-state index contributed by atoms with van der Waals surface area (Å²) >= 11 is 0. The van der Waals surface area contributed by atoms with Gasteiger partial charge < -0.3 is 10.1 Å². The molecule has 0 aliphatic heterocycles. The van der Waals surface area contributed by atoms with Gasteiger partial charge in [0.05, 0.1) is 12.1 Å². The number of hydrogen-bond donors (Lipinski definition) is 1. The maximum atomic E-state index is 5.63. The van der Waals surface area contributed by atoms with Crippen LogP contribution in [0.2, 0.25) is 0 Å². The van der Waals surface area contributed by atoms with Crippen LogP contribution in [0.5, 0.6) is 0 Å². The molecular formula is C13H20N2O. The molecule has 1 aromatic rings. The summed E-state index contributed by atoms with van der Waals surface area (Å²) in [7, 11) is 3.79. The Hall–Kier alpha value is -0.930. The SMILES string of the molecule is CNC(c1cncc(C)c1)C(OC)C1CC1. The number of aromatic nitrogens is 1. The fraction of sp³-hybridized carbons (Fsp3) is 0.615. The molecule has 0 spiro atoms. The van der Waals surface area contributed by atoms with Gasteiger partial charge in [-0.15, -0.1) is 0 Å². The summed E-state index contributed by atoms with van der Waals surface area (Å²) in [6, 6.07) is 2.44. The van der Waals surface area contributed by atoms with E-state index in [-0.39, 0.29) is 12.1 Å². The summed E-state index contributed by atoms with van der Waals surface area (Å²) in [6.45, 7) is 2.07. The van der Waals surface area contributed by atoms with Gasteiger partial charge in [-0.25, -0.2) is 0 Å². The Labute approximate surface area is 97.2 Å². The standard InChI is InChI=1S/C13H20N2O/c1-9-6-11(8-15-7-9)12(14-2)13(16-3)10-4-5-10/h6-8,10,12-14H,4-5H2,1-3H3. The van der Waals surface area contributed by atoms with Crippen molar-refractivity contribution in [2.24, 2.45) is 5.92 Å². The minimum Gasteiger partial charge on any atom is -0.379 e. The molecule has 1 aliphatic rings. The zero-order valence-electron chi connectivity index (χ0n) is 10.2. The lowest BCUT2D eigenvalue weighted by Gasteiger charge is -2.26. The van der Waals surface area contributed by atoms with Crippen LogP contribution in [-0.2, 0) is 4.74 Å². The summed E-state index contributed by atoms with van der Waals surface area (Å²) in [6.07, 6.45) is 6.66. The van der Waals surface area contributed by atoms with Crippen LogP contribution in [0.15, 0.2) is 18.5 Å². The van der Waals surface area contributed by atoms with E-state index in [1.165, 1.54) is 24.0 Å². The average molecular weight is 220 g/mol. The van der Waals surface area contributed by atoms with E-state index in [1.54, 1.807) is 7.11 Å². The monoisotopic (exact) mass is 220 g/mol. The molecule has 1 aromatic heterocycles. The molecule has 0 bridgehead atoms. The summed E-state index contributed by atoms with van der Waals surface area (Å²) in [4.78, 5) is 4.25. The molecule has 3 nitrogen and oxygen atoms in total. The zero-order valence-corrected chi connectivity index (χ0v) is 10.2. The molecule has 88 valence electrons. The predicted molar refractivity (Wildman–Crippen MR) is 64.3 cm³/mol. The van der Waals surface area contributed by atoms with Gasteiger partial charge >= 0.3 is 0 Å². The van der Waals surface area contributed by atoms with Crippen molar-refractivity contribution in [2.75, 3.05) is 14.2 Å². The van der Waals surface area contributed by atoms with E-state index in [9.17, 15) is 0 Å². The molecule has 2 rings (SSSR count). The summed E-state index contributed by atoms with van der Waals surface area (Å²) in [5, 5.41) is 3.35. The first kappa shape index (κ1) is 11.6. The van der Waals surface area contributed by atoms with Crippen molar-refractivity contribution < 1.29 is 4.74 Å². The molecule has 0 amide bonds. The molecule has 1 fully saturated rings. The van der Waals surface area contributed by atoms with Crippen LogP contribution in [0.1, 0.15) is 30.0 Å². The van der Waals surface area contributed by atoms with E-state index < -0.39 is 0 Å². The minimum absolute atomic E-state index is 0.255. The van der Waals surface area contributed by atoms with Crippen LogP contribution in [-0.4, -0.2) is 25.2 Å². The van der Waals surface area contributed by atoms with E-state index in [0.717, 1.165) is 0 Å². The van der Waals surface area contributed by atoms with Crippen LogP contribution in [0.25, 0.3) is 0 Å². The molecular weight excluding hydrogens is 200 g/mol. The quantitative estimate of drug-likeness (QED) is 0.825. The third-order valence-electron chi connectivity index (χ3n) is 3.25. The van der Waals surface area contributed by atoms with Crippen LogP contribution >= 0.6 is 0 Å². The van der Waals surface area contributed by atoms with Crippen LogP contribution in [0, 0.1) is 12.8 Å². The van der Waals surface area contributed by atoms with Gasteiger partial charge in [-0.2, -0.15) is 0 Å². The number of hydrogen-bond acceptors (Lipinski definition) is 3. The van der Waals surface area contributed by atoms with Crippen molar-refractivity contribution in [1.29, 1.82) is 0 Å². The second-order valence-corrected chi connectivity index (χ2v) is 4.60. The molecule has 1 heterocycles. The van der Waals surface area contributed by atoms with Crippen molar-refractivity contribution in [3.05, 3.63) is 29.6 Å². The van der Waals surface area contributed by atoms with Gasteiger partial charge in [0.25, 0.3) is 0 Å². The number of rotatable bonds is 5. The van der Waals surface area contributed by atoms with Gasteiger partial charge in [-0.05, 0) is 43.9 Å². The highest BCUT2D eigenvalue weighted by molar-refractivity contribution is 5.22. The van der Waals surface area contributed by atoms with Crippen LogP contribution in [0.3, 0.4) is 0 Å². The first-order valence-corrected chi connectivity index (χ1v) is 5.88. The van der Waals surface area contributed by atoms with Crippen molar-refractivity contribution >= 4 is 0 Å². The van der Waals surface area contributed by atoms with E-state index >= 15 is 0 Å². The minimum atomic E-state index is 0.255. The maximum Gasteiger partial charge on any atom is 0.0794 e. The topological polar surface area (TPSA) is 34.2 Å². The van der Waals surface area contributed by atoms with Gasteiger partial charge in [0.1, 0.15) is 0 Å². The Balaban J connectivity index is 2.20.